The quantitative estimate of drug-likeness (QED) is 0.379. The van der Waals surface area contributed by atoms with Crippen LogP contribution in [0.2, 0.25) is 0 Å². The molecule has 1 amide bonds. The Labute approximate surface area is 210 Å². The Morgan fingerprint density at radius 3 is 2.60 bits per heavy atom. The number of hydrogen-bond donors (Lipinski definition) is 2. The molecule has 3 aromatic rings. The van der Waals surface area contributed by atoms with Crippen LogP contribution in [0.4, 0.5) is 5.69 Å². The summed E-state index contributed by atoms with van der Waals surface area (Å²) in [5, 5.41) is 15.6. The minimum atomic E-state index is -0.240. The van der Waals surface area contributed by atoms with Gasteiger partial charge in [0.15, 0.2) is 17.0 Å². The van der Waals surface area contributed by atoms with Gasteiger partial charge in [0.25, 0.3) is 5.91 Å². The predicted octanol–water partition coefficient (Wildman–Crippen LogP) is 5.70. The van der Waals surface area contributed by atoms with Crippen molar-refractivity contribution in [3.05, 3.63) is 93.9 Å². The Morgan fingerprint density at radius 2 is 1.86 bits per heavy atom. The van der Waals surface area contributed by atoms with Crippen molar-refractivity contribution in [1.82, 2.24) is 5.32 Å². The predicted molar refractivity (Wildman–Crippen MR) is 140 cm³/mol. The Bertz CT molecular complexity index is 1270. The summed E-state index contributed by atoms with van der Waals surface area (Å²) in [6, 6.07) is 23.3. The molecule has 2 N–H and O–H groups in total. The number of carbonyl (C=O) groups is 1. The van der Waals surface area contributed by atoms with Crippen LogP contribution in [0.25, 0.3) is 6.08 Å². The molecule has 35 heavy (non-hydrogen) atoms. The minimum absolute atomic E-state index is 0.121. The van der Waals surface area contributed by atoms with Crippen LogP contribution < -0.4 is 20.1 Å². The molecule has 6 nitrogen and oxygen atoms in total. The van der Waals surface area contributed by atoms with E-state index in [2.05, 4.69) is 35.8 Å². The number of carbonyl (C=O) groups excluding carboxylic acids is 1. The first-order valence-corrected chi connectivity index (χ1v) is 12.4. The van der Waals surface area contributed by atoms with Crippen molar-refractivity contribution in [2.75, 3.05) is 11.9 Å². The number of ether oxygens (including phenoxy) is 2. The topological polar surface area (TPSA) is 83.4 Å². The second-order valence-corrected chi connectivity index (χ2v) is 9.02. The summed E-state index contributed by atoms with van der Waals surface area (Å²) in [5.41, 5.74) is 4.22. The summed E-state index contributed by atoms with van der Waals surface area (Å²) in [5.74, 6) is 1.05. The van der Waals surface area contributed by atoms with E-state index < -0.39 is 0 Å². The first-order valence-electron chi connectivity index (χ1n) is 11.5. The average molecular weight is 486 g/mol. The maximum Gasteiger partial charge on any atom is 0.260 e. The number of benzene rings is 3. The largest absolute Gasteiger partial charge is 0.490 e. The van der Waals surface area contributed by atoms with Gasteiger partial charge in [-0.05, 0) is 60.9 Å². The number of nitriles is 1. The fourth-order valence-electron chi connectivity index (χ4n) is 3.62. The van der Waals surface area contributed by atoms with Crippen LogP contribution in [-0.4, -0.2) is 18.0 Å². The Hall–Kier alpha value is -3.89. The molecule has 1 aliphatic heterocycles. The molecule has 0 saturated carbocycles. The molecule has 178 valence electrons. The highest BCUT2D eigenvalue weighted by Gasteiger charge is 2.27. The van der Waals surface area contributed by atoms with Gasteiger partial charge in [-0.15, -0.1) is 0 Å². The second kappa shape index (κ2) is 11.5. The first-order chi connectivity index (χ1) is 17.1. The zero-order chi connectivity index (χ0) is 24.6. The summed E-state index contributed by atoms with van der Waals surface area (Å²) in [6.07, 6.45) is 2.84. The molecule has 0 spiro atoms. The molecule has 1 heterocycles. The molecular weight excluding hydrogens is 458 g/mol. The monoisotopic (exact) mass is 485 g/mol. The number of rotatable bonds is 9. The number of amides is 1. The molecule has 0 bridgehead atoms. The third kappa shape index (κ3) is 6.17. The molecule has 0 aromatic heterocycles. The number of aryl methyl sites for hydroxylation is 1. The molecule has 4 rings (SSSR count). The lowest BCUT2D eigenvalue weighted by molar-refractivity contribution is -0.116. The number of anilines is 1. The van der Waals surface area contributed by atoms with Crippen LogP contribution in [0.15, 0.2) is 71.6 Å². The third-order valence-corrected chi connectivity index (χ3v) is 6.51. The van der Waals surface area contributed by atoms with Gasteiger partial charge in [-0.25, -0.2) is 0 Å². The molecule has 0 unspecified atom stereocenters. The smallest absolute Gasteiger partial charge is 0.260 e. The zero-order valence-electron chi connectivity index (χ0n) is 19.7. The van der Waals surface area contributed by atoms with Gasteiger partial charge >= 0.3 is 0 Å². The summed E-state index contributed by atoms with van der Waals surface area (Å²) in [6.45, 7) is 4.76. The molecule has 3 aromatic carbocycles. The number of thioether (sulfide) groups is 1. The standard InChI is InChI=1S/C28H27N3O3S/c1-3-19-9-12-23(13-10-19)30-28-31-27(32)26(35-28)16-20-11-14-24(25(15-20)33-4-2)34-18-22-8-6-5-7-21(22)17-29/h5-16,28,30H,3-4,18H2,1-2H3,(H,31,32)/b26-16-/t28-/m1/s1. The summed E-state index contributed by atoms with van der Waals surface area (Å²) in [7, 11) is 0. The zero-order valence-corrected chi connectivity index (χ0v) is 20.5. The fraction of sp³-hybridized carbons (Fsp3) is 0.214. The second-order valence-electron chi connectivity index (χ2n) is 7.87. The lowest BCUT2D eigenvalue weighted by Gasteiger charge is -2.13. The van der Waals surface area contributed by atoms with Gasteiger partial charge in [-0.2, -0.15) is 5.26 Å². The van der Waals surface area contributed by atoms with Gasteiger partial charge in [0, 0.05) is 11.3 Å². The third-order valence-electron chi connectivity index (χ3n) is 5.48. The maximum atomic E-state index is 12.6. The maximum absolute atomic E-state index is 12.6. The summed E-state index contributed by atoms with van der Waals surface area (Å²) >= 11 is 1.44. The van der Waals surface area contributed by atoms with E-state index in [1.165, 1.54) is 17.3 Å². The van der Waals surface area contributed by atoms with Crippen molar-refractivity contribution in [2.24, 2.45) is 0 Å². The molecule has 1 fully saturated rings. The van der Waals surface area contributed by atoms with Gasteiger partial charge in [0.05, 0.1) is 23.1 Å². The summed E-state index contributed by atoms with van der Waals surface area (Å²) < 4.78 is 11.8. The Balaban J connectivity index is 1.46. The number of nitrogens with one attached hydrogen (secondary N) is 2. The van der Waals surface area contributed by atoms with Gasteiger partial charge in [-0.3, -0.25) is 4.79 Å². The van der Waals surface area contributed by atoms with Crippen LogP contribution in [-0.2, 0) is 17.8 Å². The molecule has 0 radical (unpaired) electrons. The minimum Gasteiger partial charge on any atom is -0.490 e. The van der Waals surface area contributed by atoms with E-state index in [-0.39, 0.29) is 18.0 Å². The van der Waals surface area contributed by atoms with Gasteiger partial charge < -0.3 is 20.1 Å². The fourth-order valence-corrected chi connectivity index (χ4v) is 4.60. The van der Waals surface area contributed by atoms with Crippen LogP contribution in [0.3, 0.4) is 0 Å². The van der Waals surface area contributed by atoms with E-state index in [0.717, 1.165) is 23.2 Å². The highest BCUT2D eigenvalue weighted by molar-refractivity contribution is 8.05. The van der Waals surface area contributed by atoms with E-state index in [4.69, 9.17) is 9.47 Å². The van der Waals surface area contributed by atoms with E-state index in [9.17, 15) is 10.1 Å². The van der Waals surface area contributed by atoms with Gasteiger partial charge in [0.1, 0.15) is 6.61 Å². The number of hydrogen-bond acceptors (Lipinski definition) is 6. The number of nitrogens with zero attached hydrogens (tertiary/aromatic N) is 1. The molecule has 7 heteroatoms. The lowest BCUT2D eigenvalue weighted by Crippen LogP contribution is -2.30. The Morgan fingerprint density at radius 1 is 1.06 bits per heavy atom. The summed E-state index contributed by atoms with van der Waals surface area (Å²) in [4.78, 5) is 13.2. The van der Waals surface area contributed by atoms with Crippen molar-refractivity contribution in [1.29, 1.82) is 5.26 Å². The van der Waals surface area contributed by atoms with Gasteiger partial charge in [0.2, 0.25) is 0 Å². The van der Waals surface area contributed by atoms with Gasteiger partial charge in [-0.1, -0.05) is 55.1 Å². The molecule has 1 saturated heterocycles. The highest BCUT2D eigenvalue weighted by Crippen LogP contribution is 2.34. The van der Waals surface area contributed by atoms with Crippen molar-refractivity contribution in [3.63, 3.8) is 0 Å². The molecule has 0 aliphatic carbocycles. The van der Waals surface area contributed by atoms with Crippen LogP contribution >= 0.6 is 11.8 Å². The Kier molecular flexibility index (Phi) is 7.96. The van der Waals surface area contributed by atoms with Crippen LogP contribution in [0, 0.1) is 11.3 Å². The SMILES string of the molecule is CCOc1cc(/C=C2\S[C@H](Nc3ccc(CC)cc3)NC2=O)ccc1OCc1ccccc1C#N. The van der Waals surface area contributed by atoms with Crippen molar-refractivity contribution >= 4 is 29.4 Å². The van der Waals surface area contributed by atoms with Crippen molar-refractivity contribution in [3.8, 4) is 17.6 Å². The van der Waals surface area contributed by atoms with Crippen LogP contribution in [0.5, 0.6) is 11.5 Å². The van der Waals surface area contributed by atoms with E-state index in [1.54, 1.807) is 6.07 Å². The van der Waals surface area contributed by atoms with E-state index in [0.29, 0.717) is 28.6 Å². The first kappa shape index (κ1) is 24.2. The highest BCUT2D eigenvalue weighted by atomic mass is 32.2. The van der Waals surface area contributed by atoms with Crippen molar-refractivity contribution < 1.29 is 14.3 Å². The molecule has 1 aliphatic rings. The molecule has 1 atom stereocenters. The van der Waals surface area contributed by atoms with E-state index in [1.807, 2.05) is 61.5 Å². The molecular formula is C28H27N3O3S. The lowest BCUT2D eigenvalue weighted by atomic mass is 10.1. The van der Waals surface area contributed by atoms with Crippen LogP contribution in [0.1, 0.15) is 36.1 Å². The average Bonchev–Trinajstić information content (AvgIpc) is 3.22. The van der Waals surface area contributed by atoms with Crippen molar-refractivity contribution in [2.45, 2.75) is 32.4 Å². The van der Waals surface area contributed by atoms with E-state index >= 15 is 0 Å². The normalized spacial score (nSPS) is 16.0.